The number of carbonyl (C=O) groups excluding carboxylic acids is 1. The van der Waals surface area contributed by atoms with Crippen molar-refractivity contribution in [1.82, 2.24) is 0 Å². The number of benzene rings is 2. The number of ketones is 1. The van der Waals surface area contributed by atoms with E-state index >= 15 is 0 Å². The maximum absolute atomic E-state index is 13.1. The Kier molecular flexibility index (Phi) is 10.7. The maximum Gasteiger partial charge on any atom is 0.149 e. The molecule has 1 aliphatic rings. The molecule has 0 aromatic heterocycles. The lowest BCUT2D eigenvalue weighted by Gasteiger charge is -2.18. The SMILES string of the molecule is COCCOCO[C@H]1C[C@@H](COCc2ccccc2)[C@H](C(=O)C[S@@](=O)c2ccc(C)cc2)C1. The van der Waals surface area contributed by atoms with Gasteiger partial charge in [0.2, 0.25) is 0 Å². The molecule has 0 amide bonds. The van der Waals surface area contributed by atoms with Gasteiger partial charge in [-0.15, -0.1) is 0 Å². The molecule has 2 aromatic rings. The molecule has 180 valence electrons. The van der Waals surface area contributed by atoms with E-state index in [-0.39, 0.29) is 36.3 Å². The zero-order chi connectivity index (χ0) is 23.5. The summed E-state index contributed by atoms with van der Waals surface area (Å²) in [7, 11) is 0.265. The van der Waals surface area contributed by atoms with Crippen molar-refractivity contribution in [2.75, 3.05) is 39.5 Å². The minimum Gasteiger partial charge on any atom is -0.382 e. The van der Waals surface area contributed by atoms with E-state index in [1.165, 1.54) is 0 Å². The van der Waals surface area contributed by atoms with E-state index < -0.39 is 10.8 Å². The van der Waals surface area contributed by atoms with Gasteiger partial charge in [-0.25, -0.2) is 0 Å². The number of ether oxygens (including phenoxy) is 4. The molecular formula is C26H34O6S. The lowest BCUT2D eigenvalue weighted by Crippen LogP contribution is -2.27. The first-order chi connectivity index (χ1) is 16.1. The second-order valence-electron chi connectivity index (χ2n) is 8.42. The molecule has 3 rings (SSSR count). The van der Waals surface area contributed by atoms with Crippen molar-refractivity contribution in [3.63, 3.8) is 0 Å². The van der Waals surface area contributed by atoms with Gasteiger partial charge in [0.25, 0.3) is 0 Å². The van der Waals surface area contributed by atoms with Crippen LogP contribution in [-0.4, -0.2) is 55.6 Å². The zero-order valence-electron chi connectivity index (χ0n) is 19.4. The molecule has 1 fully saturated rings. The summed E-state index contributed by atoms with van der Waals surface area (Å²) >= 11 is 0. The summed E-state index contributed by atoms with van der Waals surface area (Å²) in [5, 5.41) is 0. The number of hydrogen-bond donors (Lipinski definition) is 0. The van der Waals surface area contributed by atoms with E-state index in [0.29, 0.717) is 37.7 Å². The monoisotopic (exact) mass is 474 g/mol. The molecule has 2 aromatic carbocycles. The first kappa shape index (κ1) is 25.7. The first-order valence-electron chi connectivity index (χ1n) is 11.3. The van der Waals surface area contributed by atoms with Gasteiger partial charge < -0.3 is 18.9 Å². The molecule has 4 atom stereocenters. The third kappa shape index (κ3) is 8.43. The van der Waals surface area contributed by atoms with Crippen molar-refractivity contribution in [1.29, 1.82) is 0 Å². The Balaban J connectivity index is 1.56. The molecule has 6 nitrogen and oxygen atoms in total. The Hall–Kier alpha value is -1.90. The normalized spacial score (nSPS) is 21.2. The predicted molar refractivity (Wildman–Crippen MR) is 127 cm³/mol. The van der Waals surface area contributed by atoms with E-state index in [0.717, 1.165) is 17.5 Å². The first-order valence-corrected chi connectivity index (χ1v) is 12.7. The Morgan fingerprint density at radius 2 is 1.76 bits per heavy atom. The lowest BCUT2D eigenvalue weighted by atomic mass is 9.93. The molecule has 0 aliphatic heterocycles. The molecule has 0 bridgehead atoms. The molecular weight excluding hydrogens is 440 g/mol. The van der Waals surface area contributed by atoms with E-state index in [1.807, 2.05) is 61.5 Å². The minimum atomic E-state index is -1.36. The molecule has 0 N–H and O–H groups in total. The van der Waals surface area contributed by atoms with Crippen LogP contribution in [0.25, 0.3) is 0 Å². The van der Waals surface area contributed by atoms with Crippen LogP contribution in [-0.2, 0) is 41.1 Å². The molecule has 0 unspecified atom stereocenters. The van der Waals surface area contributed by atoms with Gasteiger partial charge in [-0.3, -0.25) is 9.00 Å². The Bertz CT molecular complexity index is 870. The van der Waals surface area contributed by atoms with Gasteiger partial charge in [-0.1, -0.05) is 48.0 Å². The van der Waals surface area contributed by atoms with Crippen molar-refractivity contribution in [3.8, 4) is 0 Å². The van der Waals surface area contributed by atoms with E-state index in [1.54, 1.807) is 7.11 Å². The minimum absolute atomic E-state index is 0.00798. The highest BCUT2D eigenvalue weighted by Crippen LogP contribution is 2.35. The number of aryl methyl sites for hydroxylation is 1. The van der Waals surface area contributed by atoms with E-state index in [9.17, 15) is 9.00 Å². The highest BCUT2D eigenvalue weighted by molar-refractivity contribution is 7.85. The molecule has 0 heterocycles. The van der Waals surface area contributed by atoms with Crippen molar-refractivity contribution in [2.24, 2.45) is 11.8 Å². The van der Waals surface area contributed by atoms with E-state index in [2.05, 4.69) is 0 Å². The summed E-state index contributed by atoms with van der Waals surface area (Å²) in [6, 6.07) is 17.5. The van der Waals surface area contributed by atoms with Crippen LogP contribution in [0.4, 0.5) is 0 Å². The van der Waals surface area contributed by atoms with Gasteiger partial charge in [-0.2, -0.15) is 0 Å². The van der Waals surface area contributed by atoms with Crippen LogP contribution in [0.3, 0.4) is 0 Å². The Morgan fingerprint density at radius 3 is 2.48 bits per heavy atom. The predicted octanol–water partition coefficient (Wildman–Crippen LogP) is 3.92. The molecule has 33 heavy (non-hydrogen) atoms. The lowest BCUT2D eigenvalue weighted by molar-refractivity contribution is -0.123. The van der Waals surface area contributed by atoms with Gasteiger partial charge in [0.05, 0.1) is 49.1 Å². The third-order valence-electron chi connectivity index (χ3n) is 5.88. The zero-order valence-corrected chi connectivity index (χ0v) is 20.3. The summed E-state index contributed by atoms with van der Waals surface area (Å²) in [6.45, 7) is 4.09. The average molecular weight is 475 g/mol. The molecule has 7 heteroatoms. The summed E-state index contributed by atoms with van der Waals surface area (Å²) in [6.07, 6.45) is 1.23. The van der Waals surface area contributed by atoms with Crippen LogP contribution >= 0.6 is 0 Å². The van der Waals surface area contributed by atoms with E-state index in [4.69, 9.17) is 18.9 Å². The average Bonchev–Trinajstić information content (AvgIpc) is 3.23. The van der Waals surface area contributed by atoms with Crippen LogP contribution in [0.15, 0.2) is 59.5 Å². The molecule has 0 radical (unpaired) electrons. The van der Waals surface area contributed by atoms with Gasteiger partial charge >= 0.3 is 0 Å². The largest absolute Gasteiger partial charge is 0.382 e. The Morgan fingerprint density at radius 1 is 1.00 bits per heavy atom. The summed E-state index contributed by atoms with van der Waals surface area (Å²) < 4.78 is 35.0. The highest BCUT2D eigenvalue weighted by Gasteiger charge is 2.39. The van der Waals surface area contributed by atoms with Crippen molar-refractivity contribution in [3.05, 3.63) is 65.7 Å². The molecule has 0 saturated heterocycles. The summed E-state index contributed by atoms with van der Waals surface area (Å²) in [5.41, 5.74) is 2.19. The standard InChI is InChI=1S/C26H34O6S/c1-20-8-10-24(11-9-20)33(28)18-26(27)25-15-23(32-19-30-13-12-29-2)14-22(25)17-31-16-21-6-4-3-5-7-21/h3-11,22-23,25H,12-19H2,1-2H3/t22-,23-,25+,33+/m0/s1. The van der Waals surface area contributed by atoms with Crippen LogP contribution in [0.2, 0.25) is 0 Å². The maximum atomic E-state index is 13.1. The summed E-state index contributed by atoms with van der Waals surface area (Å²) in [5.74, 6) is -0.187. The quantitative estimate of drug-likeness (QED) is 0.305. The highest BCUT2D eigenvalue weighted by atomic mass is 32.2. The molecule has 0 spiro atoms. The van der Waals surface area contributed by atoms with Gasteiger partial charge in [0, 0.05) is 17.9 Å². The van der Waals surface area contributed by atoms with Crippen LogP contribution < -0.4 is 0 Å². The fourth-order valence-corrected chi connectivity index (χ4v) is 5.12. The smallest absolute Gasteiger partial charge is 0.149 e. The number of Topliss-reactive ketones (excluding diaryl/α,β-unsaturated/α-hetero) is 1. The second kappa shape index (κ2) is 13.7. The fraction of sp³-hybridized carbons (Fsp3) is 0.500. The van der Waals surface area contributed by atoms with Gasteiger partial charge in [-0.05, 0) is 43.4 Å². The Labute approximate surface area is 199 Å². The van der Waals surface area contributed by atoms with Gasteiger partial charge in [0.1, 0.15) is 12.6 Å². The summed E-state index contributed by atoms with van der Waals surface area (Å²) in [4.78, 5) is 13.8. The van der Waals surface area contributed by atoms with Gasteiger partial charge in [0.15, 0.2) is 0 Å². The number of hydrogen-bond acceptors (Lipinski definition) is 6. The van der Waals surface area contributed by atoms with Crippen molar-refractivity contribution < 1.29 is 28.0 Å². The topological polar surface area (TPSA) is 71.1 Å². The fourth-order valence-electron chi connectivity index (χ4n) is 4.05. The second-order valence-corrected chi connectivity index (χ2v) is 9.87. The molecule has 1 aliphatic carbocycles. The number of methoxy groups -OCH3 is 1. The van der Waals surface area contributed by atoms with Crippen LogP contribution in [0.5, 0.6) is 0 Å². The molecule has 1 saturated carbocycles. The number of rotatable bonds is 14. The number of carbonyl (C=O) groups is 1. The van der Waals surface area contributed by atoms with Crippen LogP contribution in [0, 0.1) is 18.8 Å². The van der Waals surface area contributed by atoms with Crippen molar-refractivity contribution in [2.45, 2.75) is 37.4 Å². The third-order valence-corrected chi connectivity index (χ3v) is 7.23. The van der Waals surface area contributed by atoms with Crippen molar-refractivity contribution >= 4 is 16.6 Å². The van der Waals surface area contributed by atoms with Crippen LogP contribution in [0.1, 0.15) is 24.0 Å².